The Labute approximate surface area is 88.8 Å². The van der Waals surface area contributed by atoms with Crippen LogP contribution in [0.1, 0.15) is 32.6 Å². The van der Waals surface area contributed by atoms with Gasteiger partial charge in [0.15, 0.2) is 0 Å². The molecule has 5 nitrogen and oxygen atoms in total. The summed E-state index contributed by atoms with van der Waals surface area (Å²) in [6.07, 6.45) is 2.53. The van der Waals surface area contributed by atoms with E-state index in [4.69, 9.17) is 9.84 Å². The summed E-state index contributed by atoms with van der Waals surface area (Å²) in [4.78, 5) is 22.3. The lowest BCUT2D eigenvalue weighted by Gasteiger charge is -2.23. The average molecular weight is 215 g/mol. The summed E-state index contributed by atoms with van der Waals surface area (Å²) in [5.74, 6) is -1.30. The Kier molecular flexibility index (Phi) is 4.55. The Bertz CT molecular complexity index is 236. The van der Waals surface area contributed by atoms with Crippen molar-refractivity contribution in [3.63, 3.8) is 0 Å². The summed E-state index contributed by atoms with van der Waals surface area (Å²) in [5.41, 5.74) is 0. The van der Waals surface area contributed by atoms with E-state index in [1.807, 2.05) is 0 Å². The highest BCUT2D eigenvalue weighted by atomic mass is 16.5. The number of hydrogen-bond acceptors (Lipinski definition) is 3. The molecule has 0 aromatic carbocycles. The summed E-state index contributed by atoms with van der Waals surface area (Å²) >= 11 is 0. The van der Waals surface area contributed by atoms with Crippen LogP contribution in [0.4, 0.5) is 0 Å². The minimum absolute atomic E-state index is 0.302. The smallest absolute Gasteiger partial charge is 0.326 e. The van der Waals surface area contributed by atoms with E-state index in [0.717, 1.165) is 12.8 Å². The van der Waals surface area contributed by atoms with Gasteiger partial charge in [0.1, 0.15) is 12.1 Å². The Morgan fingerprint density at radius 3 is 2.73 bits per heavy atom. The van der Waals surface area contributed by atoms with Crippen LogP contribution in [-0.2, 0) is 14.3 Å². The van der Waals surface area contributed by atoms with Crippen molar-refractivity contribution in [1.82, 2.24) is 5.32 Å². The van der Waals surface area contributed by atoms with E-state index in [9.17, 15) is 9.59 Å². The maximum absolute atomic E-state index is 11.6. The molecule has 1 aliphatic heterocycles. The molecule has 2 N–H and O–H groups in total. The standard InChI is InChI=1S/C10H17NO4/c1-2-7(10(13)14)11-9(12)8-5-3-4-6-15-8/h7-8H,2-6H2,1H3,(H,11,12)(H,13,14). The number of carbonyl (C=O) groups is 2. The zero-order valence-electron chi connectivity index (χ0n) is 8.86. The number of carboxylic acid groups (broad SMARTS) is 1. The van der Waals surface area contributed by atoms with Gasteiger partial charge in [-0.15, -0.1) is 0 Å². The van der Waals surface area contributed by atoms with Crippen molar-refractivity contribution in [2.75, 3.05) is 6.61 Å². The molecule has 86 valence electrons. The molecule has 0 saturated carbocycles. The third-order valence-electron chi connectivity index (χ3n) is 2.49. The fourth-order valence-electron chi connectivity index (χ4n) is 1.55. The zero-order chi connectivity index (χ0) is 11.3. The van der Waals surface area contributed by atoms with Gasteiger partial charge in [-0.05, 0) is 25.7 Å². The minimum Gasteiger partial charge on any atom is -0.480 e. The first-order valence-corrected chi connectivity index (χ1v) is 5.30. The van der Waals surface area contributed by atoms with Crippen molar-refractivity contribution < 1.29 is 19.4 Å². The van der Waals surface area contributed by atoms with E-state index in [1.54, 1.807) is 6.92 Å². The minimum atomic E-state index is -0.998. The van der Waals surface area contributed by atoms with Crippen LogP contribution < -0.4 is 5.32 Å². The molecule has 1 amide bonds. The number of amides is 1. The first-order chi connectivity index (χ1) is 7.15. The second-order valence-electron chi connectivity index (χ2n) is 3.66. The molecular formula is C10H17NO4. The molecule has 0 radical (unpaired) electrons. The molecule has 0 aliphatic carbocycles. The van der Waals surface area contributed by atoms with Gasteiger partial charge in [-0.25, -0.2) is 4.79 Å². The van der Waals surface area contributed by atoms with Gasteiger partial charge < -0.3 is 15.2 Å². The van der Waals surface area contributed by atoms with Crippen molar-refractivity contribution >= 4 is 11.9 Å². The van der Waals surface area contributed by atoms with Crippen molar-refractivity contribution in [2.24, 2.45) is 0 Å². The molecule has 0 aromatic rings. The number of hydrogen-bond donors (Lipinski definition) is 2. The monoisotopic (exact) mass is 215 g/mol. The van der Waals surface area contributed by atoms with E-state index in [0.29, 0.717) is 19.4 Å². The first kappa shape index (κ1) is 12.0. The molecule has 0 aromatic heterocycles. The van der Waals surface area contributed by atoms with Gasteiger partial charge in [0.25, 0.3) is 0 Å². The maximum atomic E-state index is 11.6. The Morgan fingerprint density at radius 2 is 2.27 bits per heavy atom. The van der Waals surface area contributed by atoms with E-state index in [-0.39, 0.29) is 5.91 Å². The van der Waals surface area contributed by atoms with Gasteiger partial charge in [-0.1, -0.05) is 6.92 Å². The van der Waals surface area contributed by atoms with Gasteiger partial charge in [0, 0.05) is 6.61 Å². The summed E-state index contributed by atoms with van der Waals surface area (Å²) in [6, 6.07) is -0.803. The molecule has 5 heteroatoms. The number of ether oxygens (including phenoxy) is 1. The van der Waals surface area contributed by atoms with Crippen LogP contribution in [-0.4, -0.2) is 35.7 Å². The zero-order valence-corrected chi connectivity index (χ0v) is 8.86. The second kappa shape index (κ2) is 5.70. The highest BCUT2D eigenvalue weighted by Crippen LogP contribution is 2.12. The van der Waals surface area contributed by atoms with Crippen molar-refractivity contribution in [1.29, 1.82) is 0 Å². The molecular weight excluding hydrogens is 198 g/mol. The number of carboxylic acids is 1. The lowest BCUT2D eigenvalue weighted by atomic mass is 10.1. The first-order valence-electron chi connectivity index (χ1n) is 5.30. The van der Waals surface area contributed by atoms with Crippen molar-refractivity contribution in [3.8, 4) is 0 Å². The maximum Gasteiger partial charge on any atom is 0.326 e. The molecule has 0 bridgehead atoms. The van der Waals surface area contributed by atoms with Crippen LogP contribution in [0, 0.1) is 0 Å². The lowest BCUT2D eigenvalue weighted by Crippen LogP contribution is -2.46. The molecule has 0 spiro atoms. The van der Waals surface area contributed by atoms with Gasteiger partial charge in [-0.2, -0.15) is 0 Å². The summed E-state index contributed by atoms with van der Waals surface area (Å²) in [7, 11) is 0. The largest absolute Gasteiger partial charge is 0.480 e. The van der Waals surface area contributed by atoms with E-state index < -0.39 is 18.1 Å². The molecule has 1 rings (SSSR count). The highest BCUT2D eigenvalue weighted by molar-refractivity contribution is 5.86. The number of aliphatic carboxylic acids is 1. The fraction of sp³-hybridized carbons (Fsp3) is 0.800. The van der Waals surface area contributed by atoms with Gasteiger partial charge in [0.05, 0.1) is 0 Å². The van der Waals surface area contributed by atoms with Gasteiger partial charge in [0.2, 0.25) is 5.91 Å². The Balaban J connectivity index is 2.42. The normalized spacial score (nSPS) is 23.1. The third-order valence-corrected chi connectivity index (χ3v) is 2.49. The van der Waals surface area contributed by atoms with Crippen molar-refractivity contribution in [2.45, 2.75) is 44.8 Å². The Morgan fingerprint density at radius 1 is 1.53 bits per heavy atom. The summed E-state index contributed by atoms with van der Waals surface area (Å²) in [6.45, 7) is 2.31. The number of rotatable bonds is 4. The third kappa shape index (κ3) is 3.51. The number of nitrogens with one attached hydrogen (secondary N) is 1. The van der Waals surface area contributed by atoms with Crippen LogP contribution in [0.25, 0.3) is 0 Å². The van der Waals surface area contributed by atoms with Crippen LogP contribution in [0.5, 0.6) is 0 Å². The van der Waals surface area contributed by atoms with Crippen molar-refractivity contribution in [3.05, 3.63) is 0 Å². The molecule has 1 heterocycles. The predicted octanol–water partition coefficient (Wildman–Crippen LogP) is 0.535. The highest BCUT2D eigenvalue weighted by Gasteiger charge is 2.25. The number of carbonyl (C=O) groups excluding carboxylic acids is 1. The van der Waals surface area contributed by atoms with E-state index >= 15 is 0 Å². The second-order valence-corrected chi connectivity index (χ2v) is 3.66. The van der Waals surface area contributed by atoms with E-state index in [2.05, 4.69) is 5.32 Å². The molecule has 2 atom stereocenters. The summed E-state index contributed by atoms with van der Waals surface area (Å²) in [5, 5.41) is 11.2. The Hall–Kier alpha value is -1.10. The van der Waals surface area contributed by atoms with Gasteiger partial charge in [-0.3, -0.25) is 4.79 Å². The SMILES string of the molecule is CCC(NC(=O)C1CCCCO1)C(=O)O. The topological polar surface area (TPSA) is 75.6 Å². The molecule has 1 aliphatic rings. The average Bonchev–Trinajstić information content (AvgIpc) is 2.26. The molecule has 1 saturated heterocycles. The summed E-state index contributed by atoms with van der Waals surface area (Å²) < 4.78 is 5.26. The molecule has 1 fully saturated rings. The van der Waals surface area contributed by atoms with Gasteiger partial charge >= 0.3 is 5.97 Å². The van der Waals surface area contributed by atoms with Crippen LogP contribution >= 0.6 is 0 Å². The lowest BCUT2D eigenvalue weighted by molar-refractivity contribution is -0.145. The van der Waals surface area contributed by atoms with E-state index in [1.165, 1.54) is 0 Å². The van der Waals surface area contributed by atoms with Crippen LogP contribution in [0.3, 0.4) is 0 Å². The quantitative estimate of drug-likeness (QED) is 0.717. The van der Waals surface area contributed by atoms with Crippen LogP contribution in [0.2, 0.25) is 0 Å². The molecule has 15 heavy (non-hydrogen) atoms. The van der Waals surface area contributed by atoms with Crippen LogP contribution in [0.15, 0.2) is 0 Å². The fourth-order valence-corrected chi connectivity index (χ4v) is 1.55. The predicted molar refractivity (Wildman–Crippen MR) is 53.4 cm³/mol. The molecule has 2 unspecified atom stereocenters.